The zero-order valence-electron chi connectivity index (χ0n) is 7.86. The minimum atomic E-state index is -0.517. The molecule has 1 aromatic carbocycles. The van der Waals surface area contributed by atoms with Gasteiger partial charge in [0.25, 0.3) is 0 Å². The molecule has 0 aliphatic carbocycles. The van der Waals surface area contributed by atoms with Crippen molar-refractivity contribution in [3.05, 3.63) is 17.7 Å². The van der Waals surface area contributed by atoms with Gasteiger partial charge in [-0.15, -0.1) is 0 Å². The summed E-state index contributed by atoms with van der Waals surface area (Å²) in [5.41, 5.74) is 0.606. The quantitative estimate of drug-likeness (QED) is 0.742. The van der Waals surface area contributed by atoms with E-state index in [2.05, 4.69) is 0 Å². The Morgan fingerprint density at radius 3 is 2.93 bits per heavy atom. The number of ether oxygens (including phenoxy) is 2. The number of aliphatic hydroxyl groups is 1. The van der Waals surface area contributed by atoms with Crippen LogP contribution in [0.3, 0.4) is 0 Å². The van der Waals surface area contributed by atoms with E-state index in [-0.39, 0.29) is 12.5 Å². The van der Waals surface area contributed by atoms with Crippen LogP contribution in [0.25, 0.3) is 0 Å². The molecule has 1 aliphatic rings. The van der Waals surface area contributed by atoms with E-state index in [1.165, 1.54) is 0 Å². The van der Waals surface area contributed by atoms with E-state index in [1.54, 1.807) is 19.1 Å². The number of phenols is 1. The van der Waals surface area contributed by atoms with Gasteiger partial charge in [0, 0.05) is 12.0 Å². The van der Waals surface area contributed by atoms with Gasteiger partial charge in [0.2, 0.25) is 6.79 Å². The second-order valence-corrected chi connectivity index (χ2v) is 3.35. The van der Waals surface area contributed by atoms with Gasteiger partial charge < -0.3 is 19.7 Å². The molecule has 2 N–H and O–H groups in total. The van der Waals surface area contributed by atoms with E-state index in [9.17, 15) is 10.2 Å². The molecule has 1 aromatic rings. The monoisotopic (exact) mass is 196 g/mol. The first kappa shape index (κ1) is 9.15. The Bertz CT molecular complexity index is 346. The van der Waals surface area contributed by atoms with Crippen LogP contribution in [-0.2, 0) is 6.42 Å². The fraction of sp³-hybridized carbons (Fsp3) is 0.400. The zero-order chi connectivity index (χ0) is 10.1. The van der Waals surface area contributed by atoms with Crippen LogP contribution in [0.4, 0.5) is 0 Å². The molecule has 4 heteroatoms. The van der Waals surface area contributed by atoms with Gasteiger partial charge in [0.1, 0.15) is 5.75 Å². The van der Waals surface area contributed by atoms with Gasteiger partial charge in [0.15, 0.2) is 11.5 Å². The number of fused-ring (bicyclic) bond motifs is 1. The second kappa shape index (κ2) is 3.38. The lowest BCUT2D eigenvalue weighted by atomic mass is 10.1. The SMILES string of the molecule is CC(O)Cc1c(O)ccc2c1OCO2. The van der Waals surface area contributed by atoms with E-state index in [0.29, 0.717) is 23.5 Å². The third kappa shape index (κ3) is 1.48. The first-order valence-electron chi connectivity index (χ1n) is 4.47. The number of benzene rings is 1. The van der Waals surface area contributed by atoms with Crippen LogP contribution < -0.4 is 9.47 Å². The molecular weight excluding hydrogens is 184 g/mol. The van der Waals surface area contributed by atoms with Crippen LogP contribution in [0.2, 0.25) is 0 Å². The molecule has 0 saturated heterocycles. The summed E-state index contributed by atoms with van der Waals surface area (Å²) in [4.78, 5) is 0. The zero-order valence-corrected chi connectivity index (χ0v) is 7.86. The van der Waals surface area contributed by atoms with E-state index in [4.69, 9.17) is 9.47 Å². The summed E-state index contributed by atoms with van der Waals surface area (Å²) in [6.45, 7) is 1.83. The summed E-state index contributed by atoms with van der Waals surface area (Å²) in [6, 6.07) is 3.20. The normalized spacial score (nSPS) is 15.6. The Labute approximate surface area is 81.7 Å². The minimum absolute atomic E-state index is 0.134. The van der Waals surface area contributed by atoms with Gasteiger partial charge in [-0.3, -0.25) is 0 Å². The molecule has 1 aliphatic heterocycles. The fourth-order valence-electron chi connectivity index (χ4n) is 1.51. The Kier molecular flexibility index (Phi) is 2.21. The number of rotatable bonds is 2. The summed E-state index contributed by atoms with van der Waals surface area (Å²) < 4.78 is 10.4. The number of phenolic OH excluding ortho intramolecular Hbond substituents is 1. The molecule has 4 nitrogen and oxygen atoms in total. The summed E-state index contributed by atoms with van der Waals surface area (Å²) in [7, 11) is 0. The van der Waals surface area contributed by atoms with E-state index < -0.39 is 6.10 Å². The topological polar surface area (TPSA) is 58.9 Å². The number of hydrogen-bond acceptors (Lipinski definition) is 4. The highest BCUT2D eigenvalue weighted by atomic mass is 16.7. The third-order valence-electron chi connectivity index (χ3n) is 2.12. The number of aromatic hydroxyl groups is 1. The first-order chi connectivity index (χ1) is 6.68. The molecule has 14 heavy (non-hydrogen) atoms. The lowest BCUT2D eigenvalue weighted by Crippen LogP contribution is -2.05. The largest absolute Gasteiger partial charge is 0.508 e. The molecule has 0 fully saturated rings. The van der Waals surface area contributed by atoms with Crippen molar-refractivity contribution in [3.63, 3.8) is 0 Å². The van der Waals surface area contributed by atoms with Gasteiger partial charge in [-0.05, 0) is 19.1 Å². The van der Waals surface area contributed by atoms with Gasteiger partial charge >= 0.3 is 0 Å². The van der Waals surface area contributed by atoms with Gasteiger partial charge in [-0.2, -0.15) is 0 Å². The smallest absolute Gasteiger partial charge is 0.231 e. The van der Waals surface area contributed by atoms with Gasteiger partial charge in [0.05, 0.1) is 6.10 Å². The molecule has 1 unspecified atom stereocenters. The lowest BCUT2D eigenvalue weighted by molar-refractivity contribution is 0.169. The predicted molar refractivity (Wildman–Crippen MR) is 49.6 cm³/mol. The third-order valence-corrected chi connectivity index (χ3v) is 2.12. The molecule has 0 radical (unpaired) electrons. The number of hydrogen-bond donors (Lipinski definition) is 2. The maximum atomic E-state index is 9.58. The van der Waals surface area contributed by atoms with Gasteiger partial charge in [-0.1, -0.05) is 0 Å². The summed E-state index contributed by atoms with van der Waals surface area (Å²) in [5, 5.41) is 18.8. The Hall–Kier alpha value is -1.42. The van der Waals surface area contributed by atoms with Crippen LogP contribution in [0.5, 0.6) is 17.2 Å². The molecule has 1 atom stereocenters. The Morgan fingerprint density at radius 2 is 2.21 bits per heavy atom. The Morgan fingerprint density at radius 1 is 1.43 bits per heavy atom. The molecule has 1 heterocycles. The van der Waals surface area contributed by atoms with Crippen LogP contribution in [-0.4, -0.2) is 23.1 Å². The van der Waals surface area contributed by atoms with Crippen LogP contribution in [0.1, 0.15) is 12.5 Å². The maximum absolute atomic E-state index is 9.58. The second-order valence-electron chi connectivity index (χ2n) is 3.35. The fourth-order valence-corrected chi connectivity index (χ4v) is 1.51. The summed E-state index contributed by atoms with van der Waals surface area (Å²) >= 11 is 0. The van der Waals surface area contributed by atoms with Crippen molar-refractivity contribution in [1.29, 1.82) is 0 Å². The van der Waals surface area contributed by atoms with E-state index in [0.717, 1.165) is 0 Å². The Balaban J connectivity index is 2.41. The van der Waals surface area contributed by atoms with Gasteiger partial charge in [-0.25, -0.2) is 0 Å². The van der Waals surface area contributed by atoms with E-state index in [1.807, 2.05) is 0 Å². The highest BCUT2D eigenvalue weighted by Crippen LogP contribution is 2.40. The van der Waals surface area contributed by atoms with Crippen LogP contribution in [0, 0.1) is 0 Å². The van der Waals surface area contributed by atoms with Crippen LogP contribution in [0.15, 0.2) is 12.1 Å². The van der Waals surface area contributed by atoms with Crippen molar-refractivity contribution >= 4 is 0 Å². The predicted octanol–water partition coefficient (Wildman–Crippen LogP) is 1.04. The lowest BCUT2D eigenvalue weighted by Gasteiger charge is -2.09. The summed E-state index contributed by atoms with van der Waals surface area (Å²) in [6.07, 6.45) is -0.158. The van der Waals surface area contributed by atoms with Crippen molar-refractivity contribution < 1.29 is 19.7 Å². The van der Waals surface area contributed by atoms with Crippen LogP contribution >= 0.6 is 0 Å². The summed E-state index contributed by atoms with van der Waals surface area (Å²) in [5.74, 6) is 1.31. The average molecular weight is 196 g/mol. The molecule has 0 spiro atoms. The molecule has 0 bridgehead atoms. The minimum Gasteiger partial charge on any atom is -0.508 e. The molecule has 76 valence electrons. The molecule has 0 amide bonds. The standard InChI is InChI=1S/C10H12O4/c1-6(11)4-7-8(12)2-3-9-10(7)14-5-13-9/h2-3,6,11-12H,4-5H2,1H3. The highest BCUT2D eigenvalue weighted by Gasteiger charge is 2.21. The van der Waals surface area contributed by atoms with Crippen molar-refractivity contribution in [2.24, 2.45) is 0 Å². The number of aliphatic hydroxyl groups excluding tert-OH is 1. The molecular formula is C10H12O4. The van der Waals surface area contributed by atoms with E-state index >= 15 is 0 Å². The maximum Gasteiger partial charge on any atom is 0.231 e. The first-order valence-corrected chi connectivity index (χ1v) is 4.47. The molecule has 0 aromatic heterocycles. The molecule has 2 rings (SSSR count). The highest BCUT2D eigenvalue weighted by molar-refractivity contribution is 5.54. The average Bonchev–Trinajstić information content (AvgIpc) is 2.57. The van der Waals surface area contributed by atoms with Crippen molar-refractivity contribution in [2.45, 2.75) is 19.4 Å². The molecule has 0 saturated carbocycles. The van der Waals surface area contributed by atoms with Crippen molar-refractivity contribution in [3.8, 4) is 17.2 Å². The van der Waals surface area contributed by atoms with Crippen molar-refractivity contribution in [1.82, 2.24) is 0 Å². The van der Waals surface area contributed by atoms with Crippen molar-refractivity contribution in [2.75, 3.05) is 6.79 Å².